The molecule has 5 heteroatoms. The molecule has 7 aromatic carbocycles. The molecular weight excluding hydrogens is 817 g/mol. The summed E-state index contributed by atoms with van der Waals surface area (Å²) >= 11 is 0. The Morgan fingerprint density at radius 1 is 0.582 bits per heavy atom. The number of pyridine rings is 1. The van der Waals surface area contributed by atoms with Crippen molar-refractivity contribution in [2.75, 3.05) is 6.67 Å². The van der Waals surface area contributed by atoms with Gasteiger partial charge < -0.3 is 4.74 Å². The van der Waals surface area contributed by atoms with Crippen molar-refractivity contribution in [1.29, 1.82) is 0 Å². The summed E-state index contributed by atoms with van der Waals surface area (Å²) in [5.41, 5.74) is 12.0. The third-order valence-electron chi connectivity index (χ3n) is 13.9. The van der Waals surface area contributed by atoms with Crippen molar-refractivity contribution in [2.45, 2.75) is 85.4 Å². The average Bonchev–Trinajstić information content (AvgIpc) is 4.01. The van der Waals surface area contributed by atoms with Crippen LogP contribution in [0.2, 0.25) is 0 Å². The third-order valence-corrected chi connectivity index (χ3v) is 13.9. The van der Waals surface area contributed by atoms with E-state index in [2.05, 4.69) is 148 Å². The van der Waals surface area contributed by atoms with Crippen molar-refractivity contribution >= 4 is 44.6 Å². The lowest BCUT2D eigenvalue weighted by molar-refractivity contribution is 0.187. The van der Waals surface area contributed by atoms with E-state index in [1.165, 1.54) is 57.1 Å². The van der Waals surface area contributed by atoms with E-state index >= 15 is 0 Å². The van der Waals surface area contributed by atoms with Crippen molar-refractivity contribution in [1.82, 2.24) is 18.5 Å². The first kappa shape index (κ1) is 34.5. The van der Waals surface area contributed by atoms with Crippen LogP contribution >= 0.6 is 0 Å². The first-order chi connectivity index (χ1) is 35.2. The van der Waals surface area contributed by atoms with Gasteiger partial charge in [0.2, 0.25) is 0 Å². The molecular formula is C62H61N4O+. The van der Waals surface area contributed by atoms with Gasteiger partial charge in [0.1, 0.15) is 28.7 Å². The molecule has 1 fully saturated rings. The summed E-state index contributed by atoms with van der Waals surface area (Å²) in [7, 11) is 0. The predicted molar refractivity (Wildman–Crippen MR) is 282 cm³/mol. The zero-order valence-electron chi connectivity index (χ0n) is 47.8. The van der Waals surface area contributed by atoms with Crippen LogP contribution in [0.15, 0.2) is 170 Å². The van der Waals surface area contributed by atoms with Gasteiger partial charge in [0, 0.05) is 62.5 Å². The van der Waals surface area contributed by atoms with Crippen molar-refractivity contribution in [3.05, 3.63) is 199 Å². The molecule has 0 N–H and O–H groups in total. The number of benzene rings is 7. The molecule has 0 saturated carbocycles. The zero-order chi connectivity index (χ0) is 53.5. The van der Waals surface area contributed by atoms with Crippen LogP contribution in [-0.2, 0) is 16.2 Å². The minimum atomic E-state index is -2.73. The number of hydrogen-bond acceptors (Lipinski definition) is 2. The Morgan fingerprint density at radius 2 is 1.27 bits per heavy atom. The number of aromatic nitrogens is 2. The van der Waals surface area contributed by atoms with E-state index in [0.717, 1.165) is 28.6 Å². The fourth-order valence-corrected chi connectivity index (χ4v) is 10.2. The first-order valence-corrected chi connectivity index (χ1v) is 23.2. The van der Waals surface area contributed by atoms with Crippen molar-refractivity contribution in [3.63, 3.8) is 0 Å². The van der Waals surface area contributed by atoms with Gasteiger partial charge >= 0.3 is 0 Å². The average molecular weight is 886 g/mol. The molecule has 334 valence electrons. The zero-order valence-corrected chi connectivity index (χ0v) is 39.8. The van der Waals surface area contributed by atoms with E-state index in [0.29, 0.717) is 26.0 Å². The highest BCUT2D eigenvalue weighted by Crippen LogP contribution is 2.68. The highest BCUT2D eigenvalue weighted by Gasteiger charge is 2.64. The lowest BCUT2D eigenvalue weighted by Gasteiger charge is -2.56. The fraction of sp³-hybridized carbons (Fsp3) is 0.226. The van der Waals surface area contributed by atoms with Crippen molar-refractivity contribution in [2.24, 2.45) is 0 Å². The van der Waals surface area contributed by atoms with Gasteiger partial charge in [-0.15, -0.1) is 0 Å². The van der Waals surface area contributed by atoms with Gasteiger partial charge in [-0.1, -0.05) is 153 Å². The number of para-hydroxylation sites is 2. The van der Waals surface area contributed by atoms with Crippen LogP contribution in [0.1, 0.15) is 95.5 Å². The summed E-state index contributed by atoms with van der Waals surface area (Å²) in [6.45, 7) is 21.1. The Balaban J connectivity index is 1.03. The molecule has 5 nitrogen and oxygen atoms in total. The first-order valence-electron chi connectivity index (χ1n) is 27.2. The highest BCUT2D eigenvalue weighted by molar-refractivity contribution is 6.09. The highest BCUT2D eigenvalue weighted by atomic mass is 16.5. The van der Waals surface area contributed by atoms with Gasteiger partial charge in [-0.05, 0) is 98.9 Å². The molecule has 3 aliphatic rings. The second-order valence-corrected chi connectivity index (χ2v) is 21.5. The molecule has 3 aliphatic heterocycles. The summed E-state index contributed by atoms with van der Waals surface area (Å²) < 4.78 is 77.7. The van der Waals surface area contributed by atoms with E-state index in [4.69, 9.17) is 20.7 Å². The quantitative estimate of drug-likeness (QED) is 0.118. The molecule has 67 heavy (non-hydrogen) atoms. The number of hydrogen-bond donors (Lipinski definition) is 0. The maximum atomic E-state index is 8.66. The van der Waals surface area contributed by atoms with Crippen LogP contribution in [0.3, 0.4) is 0 Å². The van der Waals surface area contributed by atoms with Gasteiger partial charge in [-0.2, -0.15) is 0 Å². The number of ether oxygens (including phenoxy) is 1. The minimum absolute atomic E-state index is 0.0256. The second-order valence-electron chi connectivity index (χ2n) is 21.5. The van der Waals surface area contributed by atoms with Gasteiger partial charge in [-0.3, -0.25) is 13.5 Å². The summed E-state index contributed by atoms with van der Waals surface area (Å²) in [6, 6.07) is 43.9. The summed E-state index contributed by atoms with van der Waals surface area (Å²) in [6.07, 6.45) is 1.30. The van der Waals surface area contributed by atoms with Gasteiger partial charge in [-0.25, -0.2) is 4.98 Å². The molecule has 0 amide bonds. The predicted octanol–water partition coefficient (Wildman–Crippen LogP) is 16.9. The minimum Gasteiger partial charge on any atom is -0.457 e. The van der Waals surface area contributed by atoms with Crippen molar-refractivity contribution in [3.8, 4) is 39.6 Å². The van der Waals surface area contributed by atoms with Crippen LogP contribution < -0.4 is 13.7 Å². The smallest absolute Gasteiger partial charge is 0.188 e. The molecule has 0 spiro atoms. The van der Waals surface area contributed by atoms with Crippen molar-refractivity contribution < 1.29 is 15.7 Å². The third kappa shape index (κ3) is 7.01. The lowest BCUT2D eigenvalue weighted by Crippen LogP contribution is -2.67. The monoisotopic (exact) mass is 886 g/mol. The standard InChI is InChI=1S/C62H61N4O/c1-41-31-58(63-38-54(41)42-19-12-11-13-20-42)64-55-27-15-14-25-52(55)53-30-29-50(37-56(53)64)67-49-24-17-23-47(36-49)65-39-66(40-65,48-34-45(61(5,6)7)33-46(35-48)62(8,9)10)59-51(26-18-28-57(59)65)43-21-16-22-44(32-43)60(2,3)4/h11-39H,40H2,1-10H3/q+1/t65-,66+/m1/s1/i1D3,11D,12D,13D,19D,20D. The number of aryl methyl sites for hydroxylation is 1. The van der Waals surface area contributed by atoms with E-state index in [-0.39, 0.29) is 38.8 Å². The Morgan fingerprint density at radius 3 is 2.00 bits per heavy atom. The van der Waals surface area contributed by atoms with Crippen LogP contribution in [0.4, 0.5) is 22.7 Å². The second kappa shape index (κ2) is 15.1. The van der Waals surface area contributed by atoms with Crippen LogP contribution in [0.5, 0.6) is 11.5 Å². The molecule has 9 aromatic rings. The molecule has 2 atom stereocenters. The van der Waals surface area contributed by atoms with Crippen LogP contribution in [0, 0.1) is 13.5 Å². The van der Waals surface area contributed by atoms with Gasteiger partial charge in [0.05, 0.1) is 24.6 Å². The molecule has 0 radical (unpaired) electrons. The van der Waals surface area contributed by atoms with E-state index < -0.39 is 37.1 Å². The topological polar surface area (TPSA) is 27.1 Å². The number of fused-ring (bicyclic) bond motifs is 3. The number of quaternary nitrogens is 2. The van der Waals surface area contributed by atoms with Gasteiger partial charge in [0.25, 0.3) is 0 Å². The lowest BCUT2D eigenvalue weighted by atomic mass is 9.80. The van der Waals surface area contributed by atoms with Gasteiger partial charge in [0.15, 0.2) is 18.0 Å². The maximum absolute atomic E-state index is 8.66. The molecule has 2 aromatic heterocycles. The normalized spacial score (nSPS) is 19.9. The molecule has 0 unspecified atom stereocenters. The SMILES string of the molecule is [2H]c1c([2H])c([2H])c(-c2cnc(-n3c4ccccc4c4ccc(Oc5cccc([N@@+]67[CH-][N@@+](c8cc(C(C)(C)C)cc(C(C)(C)C)c8)(C6)c6c(-c8cccc(C(C)(C)C)c8)cccc67)c5)cc43)cc2C([2H])([2H])[2H])c([2H])c1[2H]. The fourth-order valence-electron chi connectivity index (χ4n) is 10.2. The maximum Gasteiger partial charge on any atom is 0.188 e. The summed E-state index contributed by atoms with van der Waals surface area (Å²) in [4.78, 5) is 4.77. The number of nitrogens with zero attached hydrogens (tertiary/aromatic N) is 4. The van der Waals surface area contributed by atoms with E-state index in [1.54, 1.807) is 0 Å². The molecule has 2 bridgehead atoms. The Hall–Kier alpha value is -6.79. The summed E-state index contributed by atoms with van der Waals surface area (Å²) in [5.74, 6) is 1.50. The molecule has 5 heterocycles. The Labute approximate surface area is 408 Å². The van der Waals surface area contributed by atoms with Crippen LogP contribution in [-0.4, -0.2) is 16.2 Å². The molecule has 0 aliphatic carbocycles. The number of rotatable bonds is 7. The van der Waals surface area contributed by atoms with Crippen LogP contribution in [0.25, 0.3) is 49.9 Å². The Kier molecular flexibility index (Phi) is 7.79. The van der Waals surface area contributed by atoms with E-state index in [9.17, 15) is 0 Å². The molecule has 1 saturated heterocycles. The Bertz CT molecular complexity index is 3770. The largest absolute Gasteiger partial charge is 0.457 e. The molecule has 12 rings (SSSR count). The van der Waals surface area contributed by atoms with E-state index in [1.807, 2.05) is 53.1 Å². The summed E-state index contributed by atoms with van der Waals surface area (Å²) in [5, 5.41) is 1.81.